The average Bonchev–Trinajstić information content (AvgIpc) is 2.67. The van der Waals surface area contributed by atoms with Crippen LogP contribution in [0.1, 0.15) is 38.6 Å². The molecule has 0 heterocycles. The highest BCUT2D eigenvalue weighted by molar-refractivity contribution is 6.06. The Morgan fingerprint density at radius 1 is 0.625 bits per heavy atom. The molecule has 0 aliphatic rings. The van der Waals surface area contributed by atoms with Crippen LogP contribution in [0.2, 0.25) is 0 Å². The molecule has 0 aliphatic heterocycles. The van der Waals surface area contributed by atoms with Gasteiger partial charge in [0.15, 0.2) is 11.6 Å². The highest BCUT2D eigenvalue weighted by Gasteiger charge is 2.25. The molecule has 3 aromatic rings. The lowest BCUT2D eigenvalue weighted by molar-refractivity contribution is 0.0893. The minimum atomic E-state index is -0.471. The summed E-state index contributed by atoms with van der Waals surface area (Å²) in [6, 6.07) is 27.8. The van der Waals surface area contributed by atoms with Crippen molar-refractivity contribution in [1.82, 2.24) is 0 Å². The van der Waals surface area contributed by atoms with Gasteiger partial charge in [0, 0.05) is 17.5 Å². The highest BCUT2D eigenvalue weighted by Crippen LogP contribution is 2.26. The maximum absolute atomic E-state index is 13.0. The lowest BCUT2D eigenvalue weighted by Gasteiger charge is -2.16. The smallest absolute Gasteiger partial charge is 0.170 e. The van der Waals surface area contributed by atoms with Gasteiger partial charge in [0.05, 0.1) is 5.92 Å². The molecule has 1 atom stereocenters. The molecule has 2 nitrogen and oxygen atoms in total. The first kappa shape index (κ1) is 15.9. The molecule has 3 aromatic carbocycles. The fraction of sp³-hybridized carbons (Fsp3) is 0.0909. The largest absolute Gasteiger partial charge is 0.294 e. The number of ketones is 2. The van der Waals surface area contributed by atoms with Crippen LogP contribution in [-0.4, -0.2) is 11.6 Å². The predicted molar refractivity (Wildman–Crippen MR) is 95.3 cm³/mol. The predicted octanol–water partition coefficient (Wildman–Crippen LogP) is 4.93. The van der Waals surface area contributed by atoms with E-state index in [1.807, 2.05) is 66.7 Å². The first-order chi connectivity index (χ1) is 11.8. The molecule has 118 valence electrons. The molecule has 0 bridgehead atoms. The van der Waals surface area contributed by atoms with E-state index in [4.69, 9.17) is 0 Å². The van der Waals surface area contributed by atoms with E-state index in [9.17, 15) is 9.59 Å². The zero-order valence-electron chi connectivity index (χ0n) is 13.3. The molecule has 0 N–H and O–H groups in total. The van der Waals surface area contributed by atoms with Gasteiger partial charge in [0.1, 0.15) is 0 Å². The maximum Gasteiger partial charge on any atom is 0.170 e. The van der Waals surface area contributed by atoms with Gasteiger partial charge in [-0.25, -0.2) is 0 Å². The molecule has 0 radical (unpaired) electrons. The van der Waals surface area contributed by atoms with Gasteiger partial charge < -0.3 is 0 Å². The molecule has 0 saturated heterocycles. The number of benzene rings is 3. The van der Waals surface area contributed by atoms with Gasteiger partial charge in [-0.2, -0.15) is 0 Å². The number of carbonyl (C=O) groups is 2. The summed E-state index contributed by atoms with van der Waals surface area (Å²) in [5.74, 6) is -0.513. The Balaban J connectivity index is 1.91. The van der Waals surface area contributed by atoms with Crippen LogP contribution in [0.5, 0.6) is 0 Å². The number of carbonyl (C=O) groups excluding carboxylic acids is 2. The Hall–Kier alpha value is -3.00. The lowest BCUT2D eigenvalue weighted by Crippen LogP contribution is -2.17. The van der Waals surface area contributed by atoms with Crippen molar-refractivity contribution in [2.45, 2.75) is 12.3 Å². The van der Waals surface area contributed by atoms with Crippen LogP contribution < -0.4 is 0 Å². The molecule has 0 spiro atoms. The molecular weight excluding hydrogens is 296 g/mol. The van der Waals surface area contributed by atoms with Crippen LogP contribution in [-0.2, 0) is 0 Å². The third kappa shape index (κ3) is 3.66. The summed E-state index contributed by atoms with van der Waals surface area (Å²) < 4.78 is 0. The van der Waals surface area contributed by atoms with E-state index in [1.165, 1.54) is 0 Å². The van der Waals surface area contributed by atoms with Crippen LogP contribution in [0.4, 0.5) is 0 Å². The van der Waals surface area contributed by atoms with Crippen molar-refractivity contribution < 1.29 is 9.59 Å². The van der Waals surface area contributed by atoms with Gasteiger partial charge in [-0.3, -0.25) is 9.59 Å². The zero-order chi connectivity index (χ0) is 16.8. The molecule has 2 heteroatoms. The minimum Gasteiger partial charge on any atom is -0.294 e. The van der Waals surface area contributed by atoms with Crippen molar-refractivity contribution in [1.29, 1.82) is 0 Å². The number of rotatable bonds is 6. The number of hydrogen-bond acceptors (Lipinski definition) is 2. The van der Waals surface area contributed by atoms with E-state index >= 15 is 0 Å². The van der Waals surface area contributed by atoms with Gasteiger partial charge >= 0.3 is 0 Å². The summed E-state index contributed by atoms with van der Waals surface area (Å²) >= 11 is 0. The normalized spacial score (nSPS) is 11.7. The topological polar surface area (TPSA) is 34.1 Å². The third-order valence-corrected chi connectivity index (χ3v) is 4.06. The average molecular weight is 314 g/mol. The summed E-state index contributed by atoms with van der Waals surface area (Å²) in [5.41, 5.74) is 2.14. The van der Waals surface area contributed by atoms with Gasteiger partial charge in [-0.15, -0.1) is 0 Å². The van der Waals surface area contributed by atoms with E-state index in [0.717, 1.165) is 5.56 Å². The Kier molecular flexibility index (Phi) is 4.97. The van der Waals surface area contributed by atoms with E-state index < -0.39 is 5.92 Å². The summed E-state index contributed by atoms with van der Waals surface area (Å²) in [4.78, 5) is 25.6. The van der Waals surface area contributed by atoms with Gasteiger partial charge in [-0.1, -0.05) is 91.0 Å². The van der Waals surface area contributed by atoms with Gasteiger partial charge in [0.25, 0.3) is 0 Å². The Morgan fingerprint density at radius 3 is 1.62 bits per heavy atom. The monoisotopic (exact) mass is 314 g/mol. The van der Waals surface area contributed by atoms with Crippen molar-refractivity contribution in [2.75, 3.05) is 0 Å². The summed E-state index contributed by atoms with van der Waals surface area (Å²) in [7, 11) is 0. The second-order valence-corrected chi connectivity index (χ2v) is 5.69. The molecule has 0 saturated carbocycles. The molecule has 0 aliphatic carbocycles. The molecule has 0 amide bonds. The number of hydrogen-bond donors (Lipinski definition) is 0. The minimum absolute atomic E-state index is 0.0197. The highest BCUT2D eigenvalue weighted by atomic mass is 16.1. The van der Waals surface area contributed by atoms with Crippen molar-refractivity contribution in [3.05, 3.63) is 108 Å². The van der Waals surface area contributed by atoms with Gasteiger partial charge in [0.2, 0.25) is 0 Å². The molecular formula is C22H18O2. The van der Waals surface area contributed by atoms with Crippen LogP contribution >= 0.6 is 0 Å². The van der Waals surface area contributed by atoms with Crippen LogP contribution in [0.15, 0.2) is 91.0 Å². The molecule has 0 aromatic heterocycles. The standard InChI is InChI=1S/C22H18O2/c23-21(18-12-6-2-7-13-18)16-20(17-10-4-1-5-11-17)22(24)19-14-8-3-9-15-19/h1-15,20H,16H2/t20-/m1/s1. The second-order valence-electron chi connectivity index (χ2n) is 5.69. The Bertz CT molecular complexity index is 808. The van der Waals surface area contributed by atoms with Crippen molar-refractivity contribution in [2.24, 2.45) is 0 Å². The molecule has 0 unspecified atom stereocenters. The number of Topliss-reactive ketones (excluding diaryl/α,β-unsaturated/α-hetero) is 2. The van der Waals surface area contributed by atoms with E-state index in [0.29, 0.717) is 11.1 Å². The SMILES string of the molecule is O=C(C[C@@H](C(=O)c1ccccc1)c1ccccc1)c1ccccc1. The van der Waals surface area contributed by atoms with Gasteiger partial charge in [-0.05, 0) is 5.56 Å². The fourth-order valence-electron chi connectivity index (χ4n) is 2.78. The van der Waals surface area contributed by atoms with Crippen molar-refractivity contribution >= 4 is 11.6 Å². The van der Waals surface area contributed by atoms with Crippen LogP contribution in [0.3, 0.4) is 0 Å². The first-order valence-corrected chi connectivity index (χ1v) is 7.98. The quantitative estimate of drug-likeness (QED) is 0.605. The Labute approximate surface area is 141 Å². The Morgan fingerprint density at radius 2 is 1.08 bits per heavy atom. The van der Waals surface area contributed by atoms with Crippen LogP contribution in [0, 0.1) is 0 Å². The molecule has 0 fully saturated rings. The van der Waals surface area contributed by atoms with E-state index in [1.54, 1.807) is 24.3 Å². The van der Waals surface area contributed by atoms with Crippen molar-refractivity contribution in [3.63, 3.8) is 0 Å². The molecule has 24 heavy (non-hydrogen) atoms. The van der Waals surface area contributed by atoms with E-state index in [2.05, 4.69) is 0 Å². The summed E-state index contributed by atoms with van der Waals surface area (Å²) in [6.45, 7) is 0. The lowest BCUT2D eigenvalue weighted by atomic mass is 9.85. The first-order valence-electron chi connectivity index (χ1n) is 7.98. The zero-order valence-corrected chi connectivity index (χ0v) is 13.3. The third-order valence-electron chi connectivity index (χ3n) is 4.06. The maximum atomic E-state index is 13.0. The van der Waals surface area contributed by atoms with Crippen molar-refractivity contribution in [3.8, 4) is 0 Å². The second kappa shape index (κ2) is 7.51. The van der Waals surface area contributed by atoms with Crippen LogP contribution in [0.25, 0.3) is 0 Å². The molecule has 3 rings (SSSR count). The van der Waals surface area contributed by atoms with E-state index in [-0.39, 0.29) is 18.0 Å². The summed E-state index contributed by atoms with van der Waals surface area (Å²) in [6.07, 6.45) is 0.168. The fourth-order valence-corrected chi connectivity index (χ4v) is 2.78. The summed E-state index contributed by atoms with van der Waals surface area (Å²) in [5, 5.41) is 0.